The zero-order valence-corrected chi connectivity index (χ0v) is 11.8. The number of hydrogen-bond donors (Lipinski definition) is 2. The number of para-hydroxylation sites is 1. The van der Waals surface area contributed by atoms with E-state index in [2.05, 4.69) is 24.2 Å². The van der Waals surface area contributed by atoms with E-state index in [-0.39, 0.29) is 12.1 Å². The van der Waals surface area contributed by atoms with Gasteiger partial charge in [-0.3, -0.25) is 4.90 Å². The van der Waals surface area contributed by atoms with Crippen LogP contribution in [0.1, 0.15) is 24.9 Å². The molecule has 1 aromatic carbocycles. The highest BCUT2D eigenvalue weighted by Crippen LogP contribution is 2.30. The van der Waals surface area contributed by atoms with Crippen molar-refractivity contribution in [2.75, 3.05) is 33.3 Å². The Morgan fingerprint density at radius 3 is 2.89 bits per heavy atom. The van der Waals surface area contributed by atoms with E-state index in [0.29, 0.717) is 5.75 Å². The number of morpholine rings is 1. The summed E-state index contributed by atoms with van der Waals surface area (Å²) in [5.41, 5.74) is 0.997. The minimum Gasteiger partial charge on any atom is -0.508 e. The van der Waals surface area contributed by atoms with Crippen LogP contribution in [0.4, 0.5) is 0 Å². The number of nitrogens with zero attached hydrogens (tertiary/aromatic N) is 1. The van der Waals surface area contributed by atoms with Crippen molar-refractivity contribution in [2.45, 2.75) is 25.5 Å². The molecule has 4 nitrogen and oxygen atoms in total. The highest BCUT2D eigenvalue weighted by atomic mass is 16.5. The van der Waals surface area contributed by atoms with Gasteiger partial charge in [-0.25, -0.2) is 0 Å². The molecule has 2 rings (SSSR count). The average molecular weight is 264 g/mol. The second-order valence-corrected chi connectivity index (χ2v) is 5.12. The fourth-order valence-electron chi connectivity index (χ4n) is 2.72. The molecule has 19 heavy (non-hydrogen) atoms. The quantitative estimate of drug-likeness (QED) is 0.850. The van der Waals surface area contributed by atoms with Gasteiger partial charge in [0, 0.05) is 31.2 Å². The lowest BCUT2D eigenvalue weighted by atomic mass is 10.0. The Morgan fingerprint density at radius 2 is 2.26 bits per heavy atom. The van der Waals surface area contributed by atoms with Gasteiger partial charge in [-0.2, -0.15) is 0 Å². The van der Waals surface area contributed by atoms with Gasteiger partial charge in [-0.15, -0.1) is 0 Å². The van der Waals surface area contributed by atoms with Gasteiger partial charge in [0.25, 0.3) is 0 Å². The molecule has 4 heteroatoms. The van der Waals surface area contributed by atoms with Crippen LogP contribution in [0.2, 0.25) is 0 Å². The molecule has 1 aliphatic rings. The third-order valence-electron chi connectivity index (χ3n) is 3.71. The molecule has 0 aromatic heterocycles. The Morgan fingerprint density at radius 1 is 1.47 bits per heavy atom. The van der Waals surface area contributed by atoms with Crippen LogP contribution in [-0.4, -0.2) is 49.4 Å². The minimum atomic E-state index is 0.228. The van der Waals surface area contributed by atoms with Gasteiger partial charge in [0.2, 0.25) is 0 Å². The van der Waals surface area contributed by atoms with E-state index in [4.69, 9.17) is 4.74 Å². The molecule has 0 bridgehead atoms. The molecule has 0 radical (unpaired) electrons. The Bertz CT molecular complexity index is 391. The molecule has 1 heterocycles. The molecule has 0 amide bonds. The van der Waals surface area contributed by atoms with Crippen molar-refractivity contribution in [3.05, 3.63) is 29.8 Å². The smallest absolute Gasteiger partial charge is 0.120 e. The summed E-state index contributed by atoms with van der Waals surface area (Å²) >= 11 is 0. The molecule has 2 unspecified atom stereocenters. The van der Waals surface area contributed by atoms with Crippen LogP contribution in [0.3, 0.4) is 0 Å². The molecule has 1 saturated heterocycles. The number of rotatable bonds is 5. The predicted octanol–water partition coefficient (Wildman–Crippen LogP) is 1.76. The van der Waals surface area contributed by atoms with Crippen molar-refractivity contribution in [2.24, 2.45) is 0 Å². The summed E-state index contributed by atoms with van der Waals surface area (Å²) in [6.07, 6.45) is 1.20. The van der Waals surface area contributed by atoms with Crippen molar-refractivity contribution in [3.63, 3.8) is 0 Å². The maximum atomic E-state index is 10.00. The Kier molecular flexibility index (Phi) is 5.19. The maximum absolute atomic E-state index is 10.00. The van der Waals surface area contributed by atoms with Crippen LogP contribution in [0, 0.1) is 0 Å². The zero-order chi connectivity index (χ0) is 13.7. The van der Waals surface area contributed by atoms with Crippen molar-refractivity contribution in [1.82, 2.24) is 10.2 Å². The monoisotopic (exact) mass is 264 g/mol. The summed E-state index contributed by atoms with van der Waals surface area (Å²) in [5, 5.41) is 13.3. The zero-order valence-electron chi connectivity index (χ0n) is 11.8. The van der Waals surface area contributed by atoms with Crippen LogP contribution >= 0.6 is 0 Å². The largest absolute Gasteiger partial charge is 0.508 e. The number of likely N-dealkylation sites (N-methyl/N-ethyl adjacent to an activating group) is 1. The van der Waals surface area contributed by atoms with Crippen LogP contribution in [0.15, 0.2) is 24.3 Å². The highest BCUT2D eigenvalue weighted by Gasteiger charge is 2.22. The first-order chi connectivity index (χ1) is 9.22. The molecule has 1 fully saturated rings. The molecule has 1 aliphatic heterocycles. The molecular formula is C15H24N2O2. The Balaban J connectivity index is 2.02. The van der Waals surface area contributed by atoms with Crippen LogP contribution in [0.5, 0.6) is 5.75 Å². The first-order valence-corrected chi connectivity index (χ1v) is 7.02. The molecule has 0 saturated carbocycles. The predicted molar refractivity (Wildman–Crippen MR) is 76.4 cm³/mol. The topological polar surface area (TPSA) is 44.7 Å². The summed E-state index contributed by atoms with van der Waals surface area (Å²) in [6, 6.07) is 7.82. The lowest BCUT2D eigenvalue weighted by Gasteiger charge is -2.33. The summed E-state index contributed by atoms with van der Waals surface area (Å²) in [4.78, 5) is 2.27. The molecular weight excluding hydrogens is 240 g/mol. The molecule has 1 aromatic rings. The summed E-state index contributed by atoms with van der Waals surface area (Å²) in [7, 11) is 2.10. The van der Waals surface area contributed by atoms with Crippen molar-refractivity contribution >= 4 is 0 Å². The van der Waals surface area contributed by atoms with E-state index >= 15 is 0 Å². The standard InChI is InChI=1S/C15H24N2O2/c1-3-14(13-6-4-5-7-15(13)18)17(2)11-12-10-16-8-9-19-12/h4-7,12,14,16,18H,3,8-11H2,1-2H3. The van der Waals surface area contributed by atoms with Crippen LogP contribution in [0.25, 0.3) is 0 Å². The molecule has 2 N–H and O–H groups in total. The average Bonchev–Trinajstić information content (AvgIpc) is 2.43. The van der Waals surface area contributed by atoms with Crippen molar-refractivity contribution < 1.29 is 9.84 Å². The third-order valence-corrected chi connectivity index (χ3v) is 3.71. The van der Waals surface area contributed by atoms with Crippen molar-refractivity contribution in [3.8, 4) is 5.75 Å². The number of phenolic OH excluding ortho intramolecular Hbond substituents is 1. The van der Waals surface area contributed by atoms with Crippen molar-refractivity contribution in [1.29, 1.82) is 0 Å². The Labute approximate surface area is 115 Å². The van der Waals surface area contributed by atoms with Crippen LogP contribution in [-0.2, 0) is 4.74 Å². The lowest BCUT2D eigenvalue weighted by Crippen LogP contribution is -2.45. The van der Waals surface area contributed by atoms with Crippen LogP contribution < -0.4 is 5.32 Å². The van der Waals surface area contributed by atoms with Gasteiger partial charge in [0.15, 0.2) is 0 Å². The first kappa shape index (κ1) is 14.3. The molecule has 0 aliphatic carbocycles. The second-order valence-electron chi connectivity index (χ2n) is 5.12. The number of aromatic hydroxyl groups is 1. The lowest BCUT2D eigenvalue weighted by molar-refractivity contribution is 0.00210. The minimum absolute atomic E-state index is 0.228. The van der Waals surface area contributed by atoms with Gasteiger partial charge < -0.3 is 15.2 Å². The van der Waals surface area contributed by atoms with E-state index in [1.807, 2.05) is 18.2 Å². The van der Waals surface area contributed by atoms with Gasteiger partial charge in [0.05, 0.1) is 12.7 Å². The summed E-state index contributed by atoms with van der Waals surface area (Å²) in [6.45, 7) is 5.65. The number of ether oxygens (including phenoxy) is 1. The van der Waals surface area contributed by atoms with Gasteiger partial charge in [-0.1, -0.05) is 25.1 Å². The second kappa shape index (κ2) is 6.89. The molecule has 0 spiro atoms. The number of benzene rings is 1. The summed E-state index contributed by atoms with van der Waals surface area (Å²) < 4.78 is 5.74. The molecule has 2 atom stereocenters. The van der Waals surface area contributed by atoms with E-state index in [9.17, 15) is 5.11 Å². The van der Waals surface area contributed by atoms with E-state index in [0.717, 1.165) is 38.2 Å². The van der Waals surface area contributed by atoms with Gasteiger partial charge in [0.1, 0.15) is 5.75 Å². The number of phenols is 1. The van der Waals surface area contributed by atoms with E-state index in [1.165, 1.54) is 0 Å². The number of nitrogens with one attached hydrogen (secondary N) is 1. The fourth-order valence-corrected chi connectivity index (χ4v) is 2.72. The SMILES string of the molecule is CCC(c1ccccc1O)N(C)CC1CNCCO1. The third kappa shape index (κ3) is 3.69. The van der Waals surface area contributed by atoms with Gasteiger partial charge in [-0.05, 0) is 19.5 Å². The Hall–Kier alpha value is -1.10. The summed E-state index contributed by atoms with van der Waals surface area (Å²) in [5.74, 6) is 0.379. The molecule has 106 valence electrons. The fraction of sp³-hybridized carbons (Fsp3) is 0.600. The van der Waals surface area contributed by atoms with E-state index < -0.39 is 0 Å². The van der Waals surface area contributed by atoms with E-state index in [1.54, 1.807) is 6.07 Å². The normalized spacial score (nSPS) is 21.5. The first-order valence-electron chi connectivity index (χ1n) is 7.02. The number of hydrogen-bond acceptors (Lipinski definition) is 4. The highest BCUT2D eigenvalue weighted by molar-refractivity contribution is 5.34. The van der Waals surface area contributed by atoms with Gasteiger partial charge >= 0.3 is 0 Å². The maximum Gasteiger partial charge on any atom is 0.120 e.